The molecule has 0 aromatic carbocycles. The van der Waals surface area contributed by atoms with Gasteiger partial charge in [0.2, 0.25) is 0 Å². The van der Waals surface area contributed by atoms with Crippen LogP contribution in [0, 0.1) is 5.92 Å². The second-order valence-electron chi connectivity index (χ2n) is 2.76. The topological polar surface area (TPSA) is 65.0 Å². The minimum atomic E-state index is -2.43. The number of hydrogen-bond donors (Lipinski definition) is 1. The summed E-state index contributed by atoms with van der Waals surface area (Å²) in [4.78, 5) is 10.0. The van der Waals surface area contributed by atoms with E-state index in [0.717, 1.165) is 0 Å². The Bertz CT molecular complexity index is 244. The molecular weight excluding hydrogens is 240 g/mol. The standard InChI is InChI=1S/C6H8O2.C5H12O3Si/c1-3-5(4-2)6(7)8;1-5-9(6-2,7-3)8-4/h3-5H,1-2H2,(H,7,8);5H,1H2,2-4H3. The molecule has 0 spiro atoms. The first-order chi connectivity index (χ1) is 7.96. The minimum absolute atomic E-state index is 0.602. The molecule has 0 fully saturated rings. The lowest BCUT2D eigenvalue weighted by Crippen LogP contribution is -2.40. The third kappa shape index (κ3) is 6.85. The summed E-state index contributed by atoms with van der Waals surface area (Å²) in [6.45, 7) is 10.1. The summed E-state index contributed by atoms with van der Waals surface area (Å²) >= 11 is 0. The third-order valence-electron chi connectivity index (χ3n) is 1.90. The number of carboxylic acids is 1. The molecule has 0 aliphatic carbocycles. The Hall–Kier alpha value is -1.21. The van der Waals surface area contributed by atoms with Gasteiger partial charge in [0.15, 0.2) is 0 Å². The van der Waals surface area contributed by atoms with Gasteiger partial charge in [-0.15, -0.1) is 13.2 Å². The Morgan fingerprint density at radius 1 is 1.12 bits per heavy atom. The fraction of sp³-hybridized carbons (Fsp3) is 0.364. The number of hydrogen-bond acceptors (Lipinski definition) is 4. The molecule has 98 valence electrons. The van der Waals surface area contributed by atoms with Crippen molar-refractivity contribution < 1.29 is 23.2 Å². The quantitative estimate of drug-likeness (QED) is 0.557. The van der Waals surface area contributed by atoms with Crippen molar-refractivity contribution in [3.63, 3.8) is 0 Å². The second kappa shape index (κ2) is 9.97. The summed E-state index contributed by atoms with van der Waals surface area (Å²) in [5.74, 6) is -1.51. The van der Waals surface area contributed by atoms with E-state index >= 15 is 0 Å². The summed E-state index contributed by atoms with van der Waals surface area (Å²) in [5.41, 5.74) is 1.58. The number of carbonyl (C=O) groups is 1. The van der Waals surface area contributed by atoms with E-state index in [-0.39, 0.29) is 0 Å². The van der Waals surface area contributed by atoms with E-state index < -0.39 is 20.7 Å². The zero-order valence-corrected chi connectivity index (χ0v) is 11.5. The maximum atomic E-state index is 10.0. The second-order valence-corrected chi connectivity index (χ2v) is 5.60. The normalized spacial score (nSPS) is 10.1. The predicted molar refractivity (Wildman–Crippen MR) is 68.5 cm³/mol. The monoisotopic (exact) mass is 260 g/mol. The van der Waals surface area contributed by atoms with Gasteiger partial charge in [-0.05, 0) is 5.70 Å². The molecular formula is C11H20O5Si. The van der Waals surface area contributed by atoms with Crippen molar-refractivity contribution in [2.45, 2.75) is 0 Å². The van der Waals surface area contributed by atoms with E-state index in [1.165, 1.54) is 12.2 Å². The lowest BCUT2D eigenvalue weighted by molar-refractivity contribution is -0.138. The van der Waals surface area contributed by atoms with Gasteiger partial charge in [-0.1, -0.05) is 18.7 Å². The Morgan fingerprint density at radius 2 is 1.47 bits per heavy atom. The predicted octanol–water partition coefficient (Wildman–Crippen LogP) is 1.65. The highest BCUT2D eigenvalue weighted by Gasteiger charge is 2.33. The third-order valence-corrected chi connectivity index (χ3v) is 4.10. The van der Waals surface area contributed by atoms with Crippen molar-refractivity contribution in [1.82, 2.24) is 0 Å². The average Bonchev–Trinajstić information content (AvgIpc) is 2.35. The van der Waals surface area contributed by atoms with Crippen LogP contribution in [0.15, 0.2) is 37.6 Å². The van der Waals surface area contributed by atoms with Gasteiger partial charge in [0.1, 0.15) is 0 Å². The number of aliphatic carboxylic acids is 1. The molecule has 0 bridgehead atoms. The Balaban J connectivity index is 0. The lowest BCUT2D eigenvalue weighted by Gasteiger charge is -2.19. The van der Waals surface area contributed by atoms with Crippen molar-refractivity contribution >= 4 is 14.8 Å². The van der Waals surface area contributed by atoms with Gasteiger partial charge < -0.3 is 18.4 Å². The van der Waals surface area contributed by atoms with E-state index in [9.17, 15) is 4.79 Å². The van der Waals surface area contributed by atoms with Crippen LogP contribution in [0.2, 0.25) is 0 Å². The number of carboxylic acid groups (broad SMARTS) is 1. The van der Waals surface area contributed by atoms with Crippen LogP contribution in [0.1, 0.15) is 0 Å². The molecule has 0 radical (unpaired) electrons. The van der Waals surface area contributed by atoms with Gasteiger partial charge in [-0.2, -0.15) is 0 Å². The van der Waals surface area contributed by atoms with Gasteiger partial charge in [0.25, 0.3) is 0 Å². The molecule has 0 saturated heterocycles. The summed E-state index contributed by atoms with van der Waals surface area (Å²) in [5, 5.41) is 8.23. The molecule has 1 N–H and O–H groups in total. The van der Waals surface area contributed by atoms with Gasteiger partial charge in [-0.3, -0.25) is 4.79 Å². The molecule has 0 aromatic heterocycles. The molecule has 0 aliphatic heterocycles. The van der Waals surface area contributed by atoms with Gasteiger partial charge in [-0.25, -0.2) is 0 Å². The zero-order valence-electron chi connectivity index (χ0n) is 10.5. The smallest absolute Gasteiger partial charge is 0.481 e. The van der Waals surface area contributed by atoms with E-state index in [1.807, 2.05) is 0 Å². The molecule has 0 amide bonds. The molecule has 6 heteroatoms. The van der Waals surface area contributed by atoms with Crippen LogP contribution in [-0.2, 0) is 18.1 Å². The van der Waals surface area contributed by atoms with Crippen LogP contribution in [0.3, 0.4) is 0 Å². The first-order valence-electron chi connectivity index (χ1n) is 4.73. The lowest BCUT2D eigenvalue weighted by atomic mass is 10.1. The average molecular weight is 260 g/mol. The van der Waals surface area contributed by atoms with Crippen LogP contribution in [0.4, 0.5) is 0 Å². The highest BCUT2D eigenvalue weighted by molar-refractivity contribution is 6.66. The molecule has 0 rings (SSSR count). The van der Waals surface area contributed by atoms with E-state index in [0.29, 0.717) is 0 Å². The van der Waals surface area contributed by atoms with Crippen LogP contribution < -0.4 is 0 Å². The molecule has 0 aromatic rings. The summed E-state index contributed by atoms with van der Waals surface area (Å²) in [7, 11) is 2.20. The Labute approximate surface area is 103 Å². The van der Waals surface area contributed by atoms with E-state index in [2.05, 4.69) is 19.7 Å². The van der Waals surface area contributed by atoms with Crippen LogP contribution in [-0.4, -0.2) is 41.2 Å². The minimum Gasteiger partial charge on any atom is -0.481 e. The first kappa shape index (κ1) is 18.2. The van der Waals surface area contributed by atoms with Crippen molar-refractivity contribution in [3.05, 3.63) is 37.6 Å². The maximum absolute atomic E-state index is 10.0. The van der Waals surface area contributed by atoms with Crippen LogP contribution in [0.5, 0.6) is 0 Å². The van der Waals surface area contributed by atoms with Crippen molar-refractivity contribution in [2.75, 3.05) is 21.3 Å². The van der Waals surface area contributed by atoms with E-state index in [1.54, 1.807) is 27.0 Å². The Kier molecular flexibility index (Phi) is 10.7. The van der Waals surface area contributed by atoms with Crippen molar-refractivity contribution in [2.24, 2.45) is 5.92 Å². The van der Waals surface area contributed by atoms with Crippen LogP contribution >= 0.6 is 0 Å². The van der Waals surface area contributed by atoms with E-state index in [4.69, 9.17) is 18.4 Å². The molecule has 0 saturated carbocycles. The summed E-state index contributed by atoms with van der Waals surface area (Å²) < 4.78 is 14.9. The molecule has 17 heavy (non-hydrogen) atoms. The summed E-state index contributed by atoms with van der Waals surface area (Å²) in [6, 6.07) is 0. The highest BCUT2D eigenvalue weighted by Crippen LogP contribution is 2.04. The molecule has 0 unspecified atom stereocenters. The summed E-state index contributed by atoms with van der Waals surface area (Å²) in [6.07, 6.45) is 2.66. The Morgan fingerprint density at radius 3 is 1.47 bits per heavy atom. The van der Waals surface area contributed by atoms with Gasteiger partial charge >= 0.3 is 14.8 Å². The van der Waals surface area contributed by atoms with Crippen molar-refractivity contribution in [3.8, 4) is 0 Å². The molecule has 0 heterocycles. The largest absolute Gasteiger partial charge is 0.528 e. The van der Waals surface area contributed by atoms with Gasteiger partial charge in [0, 0.05) is 21.3 Å². The fourth-order valence-corrected chi connectivity index (χ4v) is 1.80. The maximum Gasteiger partial charge on any atom is 0.528 e. The SMILES string of the molecule is C=CC(C=C)C(=O)O.C=C[Si](OC)(OC)OC. The zero-order chi connectivity index (χ0) is 13.9. The highest BCUT2D eigenvalue weighted by atomic mass is 28.4. The first-order valence-corrected chi connectivity index (χ1v) is 6.54. The van der Waals surface area contributed by atoms with Crippen molar-refractivity contribution in [1.29, 1.82) is 0 Å². The van der Waals surface area contributed by atoms with Crippen LogP contribution in [0.25, 0.3) is 0 Å². The van der Waals surface area contributed by atoms with Gasteiger partial charge in [0.05, 0.1) is 5.92 Å². The fourth-order valence-electron chi connectivity index (χ4n) is 0.798. The molecule has 0 aliphatic rings. The molecule has 0 atom stereocenters. The molecule has 5 nitrogen and oxygen atoms in total. The number of rotatable bonds is 7.